The number of aromatic amines is 1. The zero-order valence-corrected chi connectivity index (χ0v) is 12.9. The Morgan fingerprint density at radius 1 is 1.12 bits per heavy atom. The lowest BCUT2D eigenvalue weighted by Gasteiger charge is -2.02. The molecule has 1 aromatic carbocycles. The number of H-pyrrole nitrogens is 1. The highest BCUT2D eigenvalue weighted by molar-refractivity contribution is 5.91. The Kier molecular flexibility index (Phi) is 3.66. The fourth-order valence-electron chi connectivity index (χ4n) is 2.68. The largest absolute Gasteiger partial charge is 0.324 e. The number of anilines is 1. The lowest BCUT2D eigenvalue weighted by Crippen LogP contribution is -2.12. The zero-order valence-electron chi connectivity index (χ0n) is 12.9. The van der Waals surface area contributed by atoms with Crippen molar-refractivity contribution in [2.45, 2.75) is 19.3 Å². The Labute approximate surface area is 137 Å². The van der Waals surface area contributed by atoms with Crippen LogP contribution in [0.5, 0.6) is 0 Å². The molecule has 7 heteroatoms. The highest BCUT2D eigenvalue weighted by atomic mass is 16.1. The van der Waals surface area contributed by atoms with Crippen molar-refractivity contribution in [3.63, 3.8) is 0 Å². The Hall–Kier alpha value is -3.22. The Balaban J connectivity index is 1.35. The molecule has 0 aliphatic rings. The molecule has 3 heterocycles. The number of aromatic nitrogens is 5. The predicted molar refractivity (Wildman–Crippen MR) is 90.6 cm³/mol. The van der Waals surface area contributed by atoms with Crippen LogP contribution in [0, 0.1) is 0 Å². The molecule has 120 valence electrons. The second-order valence-corrected chi connectivity index (χ2v) is 5.55. The summed E-state index contributed by atoms with van der Waals surface area (Å²) in [5.74, 6) is 1.28. The van der Waals surface area contributed by atoms with Gasteiger partial charge in [0.2, 0.25) is 11.9 Å². The quantitative estimate of drug-likeness (QED) is 0.591. The molecule has 0 saturated heterocycles. The van der Waals surface area contributed by atoms with E-state index in [4.69, 9.17) is 0 Å². The fraction of sp³-hybridized carbons (Fsp3) is 0.176. The van der Waals surface area contributed by atoms with Crippen LogP contribution in [0.2, 0.25) is 0 Å². The number of carbonyl (C=O) groups excluding carboxylic acids is 1. The van der Waals surface area contributed by atoms with Crippen molar-refractivity contribution in [3.8, 4) is 0 Å². The first kappa shape index (κ1) is 14.4. The molecule has 0 spiro atoms. The van der Waals surface area contributed by atoms with Gasteiger partial charge in [-0.05, 0) is 30.7 Å². The van der Waals surface area contributed by atoms with Gasteiger partial charge in [-0.1, -0.05) is 18.2 Å². The molecule has 4 rings (SSSR count). The Bertz CT molecular complexity index is 969. The molecule has 0 fully saturated rings. The second-order valence-electron chi connectivity index (χ2n) is 5.55. The number of para-hydroxylation sites is 2. The number of amides is 1. The van der Waals surface area contributed by atoms with Crippen LogP contribution in [0.15, 0.2) is 48.7 Å². The molecular formula is C17H16N6O. The van der Waals surface area contributed by atoms with Crippen LogP contribution < -0.4 is 5.32 Å². The van der Waals surface area contributed by atoms with Crippen LogP contribution in [0.4, 0.5) is 5.95 Å². The van der Waals surface area contributed by atoms with Gasteiger partial charge >= 0.3 is 0 Å². The molecule has 24 heavy (non-hydrogen) atoms. The number of aryl methyl sites for hydroxylation is 1. The molecule has 0 unspecified atom stereocenters. The van der Waals surface area contributed by atoms with E-state index in [0.717, 1.165) is 22.5 Å². The van der Waals surface area contributed by atoms with Gasteiger partial charge in [0.15, 0.2) is 5.65 Å². The molecule has 7 nitrogen and oxygen atoms in total. The van der Waals surface area contributed by atoms with Crippen molar-refractivity contribution in [2.24, 2.45) is 0 Å². The molecule has 1 amide bonds. The number of imidazole rings is 1. The fourth-order valence-corrected chi connectivity index (χ4v) is 2.68. The number of pyridine rings is 1. The minimum Gasteiger partial charge on any atom is -0.324 e. The van der Waals surface area contributed by atoms with Crippen molar-refractivity contribution in [2.75, 3.05) is 5.32 Å². The van der Waals surface area contributed by atoms with Gasteiger partial charge in [0, 0.05) is 19.0 Å². The number of benzene rings is 1. The molecule has 0 atom stereocenters. The maximum Gasteiger partial charge on any atom is 0.226 e. The molecule has 0 bridgehead atoms. The highest BCUT2D eigenvalue weighted by Crippen LogP contribution is 2.14. The van der Waals surface area contributed by atoms with Crippen LogP contribution in [-0.2, 0) is 11.2 Å². The normalized spacial score (nSPS) is 11.2. The van der Waals surface area contributed by atoms with Gasteiger partial charge in [-0.15, -0.1) is 10.2 Å². The number of fused-ring (bicyclic) bond motifs is 2. The maximum atomic E-state index is 12.1. The van der Waals surface area contributed by atoms with Crippen LogP contribution >= 0.6 is 0 Å². The first-order valence-electron chi connectivity index (χ1n) is 7.83. The summed E-state index contributed by atoms with van der Waals surface area (Å²) in [6, 6.07) is 13.4. The number of nitrogens with zero attached hydrogens (tertiary/aromatic N) is 4. The third-order valence-corrected chi connectivity index (χ3v) is 3.84. The number of hydrogen-bond donors (Lipinski definition) is 2. The molecule has 0 aliphatic carbocycles. The smallest absolute Gasteiger partial charge is 0.226 e. The molecule has 3 aromatic heterocycles. The number of rotatable bonds is 5. The zero-order chi connectivity index (χ0) is 16.4. The number of nitrogens with one attached hydrogen (secondary N) is 2. The molecular weight excluding hydrogens is 304 g/mol. The standard InChI is InChI=1S/C17H16N6O/c24-16(20-17-18-12-6-1-2-7-13(12)19-17)10-5-9-15-22-21-14-8-3-4-11-23(14)15/h1-4,6-8,11H,5,9-10H2,(H2,18,19,20,24). The molecule has 0 saturated carbocycles. The summed E-state index contributed by atoms with van der Waals surface area (Å²) >= 11 is 0. The van der Waals surface area contributed by atoms with Crippen molar-refractivity contribution < 1.29 is 4.79 Å². The number of hydrogen-bond acceptors (Lipinski definition) is 4. The monoisotopic (exact) mass is 320 g/mol. The summed E-state index contributed by atoms with van der Waals surface area (Å²) in [6.45, 7) is 0. The van der Waals surface area contributed by atoms with E-state index in [0.29, 0.717) is 25.2 Å². The van der Waals surface area contributed by atoms with E-state index in [2.05, 4.69) is 25.5 Å². The van der Waals surface area contributed by atoms with Gasteiger partial charge in [-0.2, -0.15) is 0 Å². The SMILES string of the molecule is O=C(CCCc1nnc2ccccn12)Nc1nc2ccccc2[nH]1. The summed E-state index contributed by atoms with van der Waals surface area (Å²) in [5, 5.41) is 11.1. The maximum absolute atomic E-state index is 12.1. The average Bonchev–Trinajstić information content (AvgIpc) is 3.18. The summed E-state index contributed by atoms with van der Waals surface area (Å²) < 4.78 is 1.94. The van der Waals surface area contributed by atoms with Crippen molar-refractivity contribution in [1.29, 1.82) is 0 Å². The Morgan fingerprint density at radius 3 is 2.92 bits per heavy atom. The first-order valence-corrected chi connectivity index (χ1v) is 7.83. The van der Waals surface area contributed by atoms with Crippen molar-refractivity contribution >= 4 is 28.5 Å². The van der Waals surface area contributed by atoms with Gasteiger partial charge in [0.25, 0.3) is 0 Å². The molecule has 0 aliphatic heterocycles. The van der Waals surface area contributed by atoms with Gasteiger partial charge in [-0.25, -0.2) is 4.98 Å². The third kappa shape index (κ3) is 2.83. The van der Waals surface area contributed by atoms with Gasteiger partial charge in [0.05, 0.1) is 11.0 Å². The molecule has 0 radical (unpaired) electrons. The van der Waals surface area contributed by atoms with E-state index in [1.54, 1.807) is 0 Å². The van der Waals surface area contributed by atoms with E-state index >= 15 is 0 Å². The highest BCUT2D eigenvalue weighted by Gasteiger charge is 2.09. The minimum absolute atomic E-state index is 0.0668. The van der Waals surface area contributed by atoms with Crippen molar-refractivity contribution in [1.82, 2.24) is 24.6 Å². The van der Waals surface area contributed by atoms with E-state index in [1.807, 2.05) is 53.1 Å². The predicted octanol–water partition coefficient (Wildman–Crippen LogP) is 2.57. The summed E-state index contributed by atoms with van der Waals surface area (Å²) in [6.07, 6.45) is 3.72. The van der Waals surface area contributed by atoms with Crippen molar-refractivity contribution in [3.05, 3.63) is 54.5 Å². The third-order valence-electron chi connectivity index (χ3n) is 3.84. The first-order chi connectivity index (χ1) is 11.8. The van der Waals surface area contributed by atoms with Gasteiger partial charge in [0.1, 0.15) is 5.82 Å². The molecule has 2 N–H and O–H groups in total. The summed E-state index contributed by atoms with van der Waals surface area (Å²) in [4.78, 5) is 19.5. The van der Waals surface area contributed by atoms with E-state index < -0.39 is 0 Å². The van der Waals surface area contributed by atoms with Crippen LogP contribution in [0.25, 0.3) is 16.7 Å². The van der Waals surface area contributed by atoms with Gasteiger partial charge in [-0.3, -0.25) is 14.5 Å². The van der Waals surface area contributed by atoms with Gasteiger partial charge < -0.3 is 4.98 Å². The van der Waals surface area contributed by atoms with E-state index in [1.165, 1.54) is 0 Å². The Morgan fingerprint density at radius 2 is 2.00 bits per heavy atom. The second kappa shape index (κ2) is 6.11. The molecule has 4 aromatic rings. The lowest BCUT2D eigenvalue weighted by molar-refractivity contribution is -0.116. The lowest BCUT2D eigenvalue weighted by atomic mass is 10.2. The van der Waals surface area contributed by atoms with Crippen LogP contribution in [-0.4, -0.2) is 30.5 Å². The van der Waals surface area contributed by atoms with Crippen LogP contribution in [0.1, 0.15) is 18.7 Å². The van der Waals surface area contributed by atoms with Crippen LogP contribution in [0.3, 0.4) is 0 Å². The average molecular weight is 320 g/mol. The summed E-state index contributed by atoms with van der Waals surface area (Å²) in [5.41, 5.74) is 2.56. The summed E-state index contributed by atoms with van der Waals surface area (Å²) in [7, 11) is 0. The topological polar surface area (TPSA) is 88.0 Å². The van der Waals surface area contributed by atoms with E-state index in [9.17, 15) is 4.79 Å². The number of carbonyl (C=O) groups is 1. The van der Waals surface area contributed by atoms with E-state index in [-0.39, 0.29) is 5.91 Å². The minimum atomic E-state index is -0.0668.